The van der Waals surface area contributed by atoms with Crippen molar-refractivity contribution in [2.75, 3.05) is 25.5 Å². The third kappa shape index (κ3) is 1.86. The minimum absolute atomic E-state index is 0.608. The summed E-state index contributed by atoms with van der Waals surface area (Å²) < 4.78 is 0. The SMILES string of the molecule is CNCC[C@H]1CNc2ccc(Cl)cc21. The van der Waals surface area contributed by atoms with Crippen molar-refractivity contribution in [2.24, 2.45) is 0 Å². The van der Waals surface area contributed by atoms with E-state index in [1.54, 1.807) is 0 Å². The van der Waals surface area contributed by atoms with Crippen LogP contribution in [-0.4, -0.2) is 20.1 Å². The second kappa shape index (κ2) is 4.20. The molecule has 2 N–H and O–H groups in total. The summed E-state index contributed by atoms with van der Waals surface area (Å²) in [6, 6.07) is 6.09. The summed E-state index contributed by atoms with van der Waals surface area (Å²) >= 11 is 5.98. The van der Waals surface area contributed by atoms with Crippen LogP contribution in [0, 0.1) is 0 Å². The largest absolute Gasteiger partial charge is 0.384 e. The summed E-state index contributed by atoms with van der Waals surface area (Å²) in [7, 11) is 1.99. The number of rotatable bonds is 3. The molecule has 0 aromatic heterocycles. The van der Waals surface area contributed by atoms with Crippen LogP contribution in [-0.2, 0) is 0 Å². The van der Waals surface area contributed by atoms with E-state index in [1.807, 2.05) is 13.1 Å². The Kier molecular flexibility index (Phi) is 2.94. The van der Waals surface area contributed by atoms with Gasteiger partial charge in [0.2, 0.25) is 0 Å². The molecule has 1 aromatic carbocycles. The lowest BCUT2D eigenvalue weighted by atomic mass is 9.98. The third-order valence-electron chi connectivity index (χ3n) is 2.74. The van der Waals surface area contributed by atoms with Gasteiger partial charge < -0.3 is 10.6 Å². The molecule has 3 heteroatoms. The molecule has 0 spiro atoms. The van der Waals surface area contributed by atoms with Crippen molar-refractivity contribution in [1.82, 2.24) is 5.32 Å². The average Bonchev–Trinajstić information content (AvgIpc) is 2.57. The number of nitrogens with one attached hydrogen (secondary N) is 2. The number of fused-ring (bicyclic) bond motifs is 1. The van der Waals surface area contributed by atoms with Crippen LogP contribution in [0.25, 0.3) is 0 Å². The minimum Gasteiger partial charge on any atom is -0.384 e. The van der Waals surface area contributed by atoms with Gasteiger partial charge in [-0.3, -0.25) is 0 Å². The molecule has 0 saturated carbocycles. The fourth-order valence-corrected chi connectivity index (χ4v) is 2.13. The Bertz CT molecular complexity index is 325. The predicted molar refractivity (Wildman–Crippen MR) is 61.2 cm³/mol. The van der Waals surface area contributed by atoms with E-state index >= 15 is 0 Å². The second-order valence-corrected chi connectivity index (χ2v) is 4.14. The zero-order valence-corrected chi connectivity index (χ0v) is 9.06. The molecule has 1 heterocycles. The molecule has 76 valence electrons. The summed E-state index contributed by atoms with van der Waals surface area (Å²) in [5.41, 5.74) is 2.61. The molecule has 0 bridgehead atoms. The van der Waals surface area contributed by atoms with Crippen molar-refractivity contribution in [1.29, 1.82) is 0 Å². The Hall–Kier alpha value is -0.730. The molecule has 14 heavy (non-hydrogen) atoms. The van der Waals surface area contributed by atoms with Crippen LogP contribution in [0.3, 0.4) is 0 Å². The Morgan fingerprint density at radius 3 is 3.21 bits per heavy atom. The normalized spacial score (nSPS) is 19.1. The topological polar surface area (TPSA) is 24.1 Å². The van der Waals surface area contributed by atoms with Gasteiger partial charge in [0.05, 0.1) is 0 Å². The lowest BCUT2D eigenvalue weighted by molar-refractivity contribution is 0.634. The van der Waals surface area contributed by atoms with Gasteiger partial charge in [-0.15, -0.1) is 0 Å². The fraction of sp³-hybridized carbons (Fsp3) is 0.455. The molecule has 0 radical (unpaired) electrons. The summed E-state index contributed by atoms with van der Waals surface area (Å²) in [6.45, 7) is 2.09. The molecule has 1 aliphatic heterocycles. The highest BCUT2D eigenvalue weighted by Crippen LogP contribution is 2.34. The van der Waals surface area contributed by atoms with Crippen molar-refractivity contribution in [3.05, 3.63) is 28.8 Å². The molecule has 0 unspecified atom stereocenters. The Labute approximate surface area is 89.7 Å². The molecule has 1 atom stereocenters. The van der Waals surface area contributed by atoms with Crippen LogP contribution in [0.1, 0.15) is 17.9 Å². The minimum atomic E-state index is 0.608. The van der Waals surface area contributed by atoms with Crippen LogP contribution in [0.5, 0.6) is 0 Å². The third-order valence-corrected chi connectivity index (χ3v) is 2.97. The molecule has 0 saturated heterocycles. The highest BCUT2D eigenvalue weighted by molar-refractivity contribution is 6.30. The Morgan fingerprint density at radius 1 is 1.57 bits per heavy atom. The average molecular weight is 211 g/mol. The maximum Gasteiger partial charge on any atom is 0.0410 e. The molecule has 2 nitrogen and oxygen atoms in total. The van der Waals surface area contributed by atoms with Gasteiger partial charge in [0.25, 0.3) is 0 Å². The first-order valence-corrected chi connectivity index (χ1v) is 5.37. The van der Waals surface area contributed by atoms with E-state index < -0.39 is 0 Å². The van der Waals surface area contributed by atoms with Gasteiger partial charge in [0.1, 0.15) is 0 Å². The Balaban J connectivity index is 2.16. The van der Waals surface area contributed by atoms with Crippen molar-refractivity contribution < 1.29 is 0 Å². The molecular weight excluding hydrogens is 196 g/mol. The molecule has 0 aliphatic carbocycles. The van der Waals surface area contributed by atoms with Gasteiger partial charge in [0.15, 0.2) is 0 Å². The van der Waals surface area contributed by atoms with E-state index in [1.165, 1.54) is 11.3 Å². The van der Waals surface area contributed by atoms with Crippen LogP contribution < -0.4 is 10.6 Å². The Morgan fingerprint density at radius 2 is 2.43 bits per heavy atom. The molecule has 2 rings (SSSR count). The number of hydrogen-bond donors (Lipinski definition) is 2. The molecule has 0 fully saturated rings. The number of hydrogen-bond acceptors (Lipinski definition) is 2. The van der Waals surface area contributed by atoms with E-state index in [0.29, 0.717) is 5.92 Å². The predicted octanol–water partition coefficient (Wildman–Crippen LogP) is 2.46. The van der Waals surface area contributed by atoms with Crippen molar-refractivity contribution >= 4 is 17.3 Å². The maximum atomic E-state index is 5.98. The summed E-state index contributed by atoms with van der Waals surface area (Å²) in [5.74, 6) is 0.608. The van der Waals surface area contributed by atoms with Crippen molar-refractivity contribution in [3.63, 3.8) is 0 Å². The number of halogens is 1. The highest BCUT2D eigenvalue weighted by Gasteiger charge is 2.21. The van der Waals surface area contributed by atoms with Crippen LogP contribution in [0.15, 0.2) is 18.2 Å². The van der Waals surface area contributed by atoms with Gasteiger partial charge in [-0.25, -0.2) is 0 Å². The quantitative estimate of drug-likeness (QED) is 0.801. The first-order valence-electron chi connectivity index (χ1n) is 4.99. The van der Waals surface area contributed by atoms with Gasteiger partial charge >= 0.3 is 0 Å². The highest BCUT2D eigenvalue weighted by atomic mass is 35.5. The van der Waals surface area contributed by atoms with Crippen molar-refractivity contribution in [3.8, 4) is 0 Å². The van der Waals surface area contributed by atoms with Crippen LogP contribution >= 0.6 is 11.6 Å². The fourth-order valence-electron chi connectivity index (χ4n) is 1.95. The molecule has 1 aromatic rings. The first-order chi connectivity index (χ1) is 6.81. The zero-order chi connectivity index (χ0) is 9.97. The van der Waals surface area contributed by atoms with Crippen LogP contribution in [0.2, 0.25) is 5.02 Å². The van der Waals surface area contributed by atoms with Gasteiger partial charge in [-0.05, 0) is 43.8 Å². The number of benzene rings is 1. The van der Waals surface area contributed by atoms with E-state index in [-0.39, 0.29) is 0 Å². The van der Waals surface area contributed by atoms with Crippen molar-refractivity contribution in [2.45, 2.75) is 12.3 Å². The van der Waals surface area contributed by atoms with Gasteiger partial charge in [0, 0.05) is 23.2 Å². The smallest absolute Gasteiger partial charge is 0.0410 e. The summed E-state index contributed by atoms with van der Waals surface area (Å²) in [6.07, 6.45) is 1.16. The van der Waals surface area contributed by atoms with E-state index in [9.17, 15) is 0 Å². The van der Waals surface area contributed by atoms with E-state index in [2.05, 4.69) is 22.8 Å². The van der Waals surface area contributed by atoms with Gasteiger partial charge in [-0.2, -0.15) is 0 Å². The summed E-state index contributed by atoms with van der Waals surface area (Å²) in [5, 5.41) is 7.41. The second-order valence-electron chi connectivity index (χ2n) is 3.70. The molecular formula is C11H15ClN2. The maximum absolute atomic E-state index is 5.98. The van der Waals surface area contributed by atoms with E-state index in [0.717, 1.165) is 24.5 Å². The first kappa shape index (κ1) is 9.81. The lowest BCUT2D eigenvalue weighted by Gasteiger charge is -2.09. The molecule has 1 aliphatic rings. The monoisotopic (exact) mass is 210 g/mol. The standard InChI is InChI=1S/C11H15ClN2/c1-13-5-4-8-7-14-11-3-2-9(12)6-10(8)11/h2-3,6,8,13-14H,4-5,7H2,1H3/t8-/m0/s1. The van der Waals surface area contributed by atoms with E-state index in [4.69, 9.17) is 11.6 Å². The number of anilines is 1. The van der Waals surface area contributed by atoms with Gasteiger partial charge in [-0.1, -0.05) is 11.6 Å². The molecule has 0 amide bonds. The zero-order valence-electron chi connectivity index (χ0n) is 8.31. The summed E-state index contributed by atoms with van der Waals surface area (Å²) in [4.78, 5) is 0. The van der Waals surface area contributed by atoms with Crippen LogP contribution in [0.4, 0.5) is 5.69 Å². The lowest BCUT2D eigenvalue weighted by Crippen LogP contribution is -2.13.